The summed E-state index contributed by atoms with van der Waals surface area (Å²) in [6.07, 6.45) is -4.04. The second-order valence-corrected chi connectivity index (χ2v) is 7.54. The Kier molecular flexibility index (Phi) is 7.30. The Morgan fingerprint density at radius 3 is 2.33 bits per heavy atom. The summed E-state index contributed by atoms with van der Waals surface area (Å²) in [7, 11) is 1.82. The van der Waals surface area contributed by atoms with E-state index in [1.54, 1.807) is 28.9 Å². The zero-order chi connectivity index (χ0) is 24.2. The smallest absolute Gasteiger partial charge is 0.416 e. The fourth-order valence-electron chi connectivity index (χ4n) is 3.42. The van der Waals surface area contributed by atoms with E-state index in [2.05, 4.69) is 10.4 Å². The molecule has 0 radical (unpaired) electrons. The average molecular weight is 461 g/mol. The maximum Gasteiger partial charge on any atom is 0.416 e. The third-order valence-corrected chi connectivity index (χ3v) is 5.20. The number of aromatic nitrogens is 2. The van der Waals surface area contributed by atoms with Gasteiger partial charge in [0.1, 0.15) is 11.5 Å². The Balaban J connectivity index is 1.79. The fourth-order valence-corrected chi connectivity index (χ4v) is 3.42. The van der Waals surface area contributed by atoms with E-state index in [-0.39, 0.29) is 17.9 Å². The first-order valence-corrected chi connectivity index (χ1v) is 10.5. The summed E-state index contributed by atoms with van der Waals surface area (Å²) in [6.45, 7) is 6.13. The normalized spacial score (nSPS) is 11.4. The van der Waals surface area contributed by atoms with Gasteiger partial charge in [0, 0.05) is 19.2 Å². The Labute approximate surface area is 190 Å². The first-order valence-electron chi connectivity index (χ1n) is 10.5. The minimum absolute atomic E-state index is 0.0525. The van der Waals surface area contributed by atoms with Crippen molar-refractivity contribution in [1.29, 1.82) is 0 Å². The molecule has 6 nitrogen and oxygen atoms in total. The summed E-state index contributed by atoms with van der Waals surface area (Å²) >= 11 is 0. The number of alkyl halides is 3. The molecule has 2 aromatic carbocycles. The van der Waals surface area contributed by atoms with E-state index in [0.29, 0.717) is 24.5 Å². The zero-order valence-electron chi connectivity index (χ0n) is 18.9. The molecule has 9 heteroatoms. The van der Waals surface area contributed by atoms with Gasteiger partial charge in [0.15, 0.2) is 5.75 Å². The second kappa shape index (κ2) is 9.97. The lowest BCUT2D eigenvalue weighted by Crippen LogP contribution is -2.15. The van der Waals surface area contributed by atoms with E-state index < -0.39 is 17.6 Å². The van der Waals surface area contributed by atoms with Gasteiger partial charge in [-0.2, -0.15) is 18.3 Å². The van der Waals surface area contributed by atoms with Crippen LogP contribution in [-0.2, 0) is 24.4 Å². The van der Waals surface area contributed by atoms with Gasteiger partial charge in [-0.25, -0.2) is 0 Å². The Morgan fingerprint density at radius 2 is 1.76 bits per heavy atom. The summed E-state index contributed by atoms with van der Waals surface area (Å²) in [5.74, 6) is 0.727. The van der Waals surface area contributed by atoms with Gasteiger partial charge in [-0.05, 0) is 75.2 Å². The molecule has 0 unspecified atom stereocenters. The number of anilines is 1. The molecule has 3 aromatic rings. The molecule has 0 bridgehead atoms. The third-order valence-electron chi connectivity index (χ3n) is 5.20. The van der Waals surface area contributed by atoms with E-state index in [4.69, 9.17) is 9.47 Å². The SMILES string of the molecule is CCOc1ccc(Oc2ccc(C(F)(F)F)cc2NC(=O)CCc2c(C)nn(C)c2C)cc1. The van der Waals surface area contributed by atoms with Gasteiger partial charge < -0.3 is 14.8 Å². The molecular formula is C24H26F3N3O3. The van der Waals surface area contributed by atoms with Crippen molar-refractivity contribution < 1.29 is 27.4 Å². The van der Waals surface area contributed by atoms with Gasteiger partial charge in [0.2, 0.25) is 5.91 Å². The van der Waals surface area contributed by atoms with Crippen molar-refractivity contribution in [2.45, 2.75) is 39.8 Å². The van der Waals surface area contributed by atoms with Gasteiger partial charge in [-0.15, -0.1) is 0 Å². The number of halogens is 3. The van der Waals surface area contributed by atoms with Crippen molar-refractivity contribution in [2.24, 2.45) is 7.05 Å². The predicted octanol–water partition coefficient (Wildman–Crippen LogP) is 5.82. The molecule has 0 saturated carbocycles. The lowest BCUT2D eigenvalue weighted by Gasteiger charge is -2.15. The number of aryl methyl sites for hydroxylation is 2. The highest BCUT2D eigenvalue weighted by Crippen LogP contribution is 2.37. The summed E-state index contributed by atoms with van der Waals surface area (Å²) in [5.41, 5.74) is 1.78. The van der Waals surface area contributed by atoms with Gasteiger partial charge in [0.05, 0.1) is 23.6 Å². The summed E-state index contributed by atoms with van der Waals surface area (Å²) < 4.78 is 52.7. The number of carbonyl (C=O) groups is 1. The van der Waals surface area contributed by atoms with Crippen LogP contribution in [0.15, 0.2) is 42.5 Å². The second-order valence-electron chi connectivity index (χ2n) is 7.54. The molecule has 0 aliphatic heterocycles. The molecule has 1 heterocycles. The van der Waals surface area contributed by atoms with Crippen LogP contribution in [0.3, 0.4) is 0 Å². The molecule has 3 rings (SSSR count). The van der Waals surface area contributed by atoms with Crippen LogP contribution in [0.25, 0.3) is 0 Å². The number of rotatable bonds is 8. The molecule has 0 spiro atoms. The molecular weight excluding hydrogens is 435 g/mol. The summed E-state index contributed by atoms with van der Waals surface area (Å²) in [6, 6.07) is 9.67. The molecule has 0 aliphatic rings. The standard InChI is InChI=1S/C24H26F3N3O3/c1-5-32-18-7-9-19(10-8-18)33-22-12-6-17(24(25,26)27)14-21(22)28-23(31)13-11-20-15(2)29-30(4)16(20)3/h6-10,12,14H,5,11,13H2,1-4H3,(H,28,31). The highest BCUT2D eigenvalue weighted by atomic mass is 19.4. The minimum Gasteiger partial charge on any atom is -0.494 e. The number of ether oxygens (including phenoxy) is 2. The minimum atomic E-state index is -4.55. The Morgan fingerprint density at radius 1 is 1.09 bits per heavy atom. The van der Waals surface area contributed by atoms with E-state index in [1.807, 2.05) is 27.8 Å². The van der Waals surface area contributed by atoms with Crippen LogP contribution in [0.4, 0.5) is 18.9 Å². The molecule has 0 aliphatic carbocycles. The van der Waals surface area contributed by atoms with E-state index in [0.717, 1.165) is 29.1 Å². The first-order chi connectivity index (χ1) is 15.6. The van der Waals surface area contributed by atoms with Gasteiger partial charge in [-0.1, -0.05) is 0 Å². The number of nitrogens with zero attached hydrogens (tertiary/aromatic N) is 2. The first kappa shape index (κ1) is 24.2. The number of hydrogen-bond donors (Lipinski definition) is 1. The number of benzene rings is 2. The highest BCUT2D eigenvalue weighted by Gasteiger charge is 2.31. The molecule has 1 N–H and O–H groups in total. The molecule has 176 valence electrons. The van der Waals surface area contributed by atoms with Crippen LogP contribution in [0.5, 0.6) is 17.2 Å². The summed E-state index contributed by atoms with van der Waals surface area (Å²) in [5, 5.41) is 6.90. The van der Waals surface area contributed by atoms with Crippen LogP contribution < -0.4 is 14.8 Å². The maximum atomic E-state index is 13.3. The van der Waals surface area contributed by atoms with Crippen LogP contribution in [-0.4, -0.2) is 22.3 Å². The largest absolute Gasteiger partial charge is 0.494 e. The van der Waals surface area contributed by atoms with Crippen molar-refractivity contribution in [2.75, 3.05) is 11.9 Å². The zero-order valence-corrected chi connectivity index (χ0v) is 18.9. The van der Waals surface area contributed by atoms with Crippen molar-refractivity contribution >= 4 is 11.6 Å². The number of amides is 1. The topological polar surface area (TPSA) is 65.4 Å². The third kappa shape index (κ3) is 6.06. The number of hydrogen-bond acceptors (Lipinski definition) is 4. The maximum absolute atomic E-state index is 13.3. The quantitative estimate of drug-likeness (QED) is 0.459. The monoisotopic (exact) mass is 461 g/mol. The van der Waals surface area contributed by atoms with Crippen LogP contribution in [0, 0.1) is 13.8 Å². The molecule has 1 amide bonds. The van der Waals surface area contributed by atoms with E-state index in [1.165, 1.54) is 6.07 Å². The van der Waals surface area contributed by atoms with Gasteiger partial charge in [0.25, 0.3) is 0 Å². The van der Waals surface area contributed by atoms with Gasteiger partial charge in [-0.3, -0.25) is 9.48 Å². The molecule has 0 fully saturated rings. The van der Waals surface area contributed by atoms with Gasteiger partial charge >= 0.3 is 6.18 Å². The lowest BCUT2D eigenvalue weighted by atomic mass is 10.1. The molecule has 1 aromatic heterocycles. The Bertz CT molecular complexity index is 1120. The number of nitrogens with one attached hydrogen (secondary N) is 1. The molecule has 0 atom stereocenters. The average Bonchev–Trinajstić information content (AvgIpc) is 2.99. The molecule has 0 saturated heterocycles. The van der Waals surface area contributed by atoms with Crippen LogP contribution in [0.1, 0.15) is 35.9 Å². The van der Waals surface area contributed by atoms with E-state index in [9.17, 15) is 18.0 Å². The van der Waals surface area contributed by atoms with Crippen molar-refractivity contribution in [3.8, 4) is 17.2 Å². The Hall–Kier alpha value is -3.49. The van der Waals surface area contributed by atoms with Crippen molar-refractivity contribution in [3.05, 3.63) is 65.0 Å². The number of carbonyl (C=O) groups excluding carboxylic acids is 1. The van der Waals surface area contributed by atoms with Crippen LogP contribution >= 0.6 is 0 Å². The predicted molar refractivity (Wildman–Crippen MR) is 119 cm³/mol. The molecule has 33 heavy (non-hydrogen) atoms. The van der Waals surface area contributed by atoms with Crippen LogP contribution in [0.2, 0.25) is 0 Å². The fraction of sp³-hybridized carbons (Fsp3) is 0.333. The van der Waals surface area contributed by atoms with Crippen molar-refractivity contribution in [1.82, 2.24) is 9.78 Å². The summed E-state index contributed by atoms with van der Waals surface area (Å²) in [4.78, 5) is 12.6. The lowest BCUT2D eigenvalue weighted by molar-refractivity contribution is -0.137. The highest BCUT2D eigenvalue weighted by molar-refractivity contribution is 5.92. The van der Waals surface area contributed by atoms with Crippen molar-refractivity contribution in [3.63, 3.8) is 0 Å². The van der Waals surface area contributed by atoms with E-state index >= 15 is 0 Å².